The first-order valence-corrected chi connectivity index (χ1v) is 9.87. The molecule has 0 atom stereocenters. The Morgan fingerprint density at radius 3 is 2.39 bits per heavy atom. The quantitative estimate of drug-likeness (QED) is 0.412. The molecule has 8 heteroatoms. The number of nitrogens with zero attached hydrogens (tertiary/aromatic N) is 2. The van der Waals surface area contributed by atoms with Crippen LogP contribution in [0.2, 0.25) is 5.02 Å². The third-order valence-electron chi connectivity index (χ3n) is 4.51. The lowest BCUT2D eigenvalue weighted by Gasteiger charge is -2.08. The second kappa shape index (κ2) is 9.32. The van der Waals surface area contributed by atoms with Crippen LogP contribution in [-0.4, -0.2) is 23.2 Å². The number of anilines is 2. The van der Waals surface area contributed by atoms with E-state index in [0.29, 0.717) is 40.2 Å². The lowest BCUT2D eigenvalue weighted by atomic mass is 10.2. The van der Waals surface area contributed by atoms with Crippen molar-refractivity contribution >= 4 is 28.9 Å². The van der Waals surface area contributed by atoms with Gasteiger partial charge in [0.25, 0.3) is 5.91 Å². The van der Waals surface area contributed by atoms with Crippen LogP contribution in [0, 0.1) is 0 Å². The molecule has 31 heavy (non-hydrogen) atoms. The third-order valence-corrected chi connectivity index (χ3v) is 4.84. The summed E-state index contributed by atoms with van der Waals surface area (Å²) in [5.41, 5.74) is 2.74. The standard InChI is InChI=1S/C23H19ClN4O3/c1-30-18-12-10-17(11-13-18)26-22(29)15-6-8-16(9-7-15)25-14-21-27-28-23(31-21)19-4-2-3-5-20(19)24/h2-13,25H,14H2,1H3,(H,26,29). The average molecular weight is 435 g/mol. The Hall–Kier alpha value is -3.84. The highest BCUT2D eigenvalue weighted by molar-refractivity contribution is 6.33. The second-order valence-electron chi connectivity index (χ2n) is 6.59. The van der Waals surface area contributed by atoms with Gasteiger partial charge in [-0.25, -0.2) is 0 Å². The van der Waals surface area contributed by atoms with Crippen molar-refractivity contribution in [3.8, 4) is 17.2 Å². The van der Waals surface area contributed by atoms with E-state index < -0.39 is 0 Å². The zero-order valence-electron chi connectivity index (χ0n) is 16.6. The van der Waals surface area contributed by atoms with Crippen LogP contribution in [0.15, 0.2) is 77.2 Å². The van der Waals surface area contributed by atoms with Crippen LogP contribution >= 0.6 is 11.6 Å². The number of ether oxygens (including phenoxy) is 1. The monoisotopic (exact) mass is 434 g/mol. The van der Waals surface area contributed by atoms with Crippen molar-refractivity contribution in [3.05, 3.63) is 89.3 Å². The van der Waals surface area contributed by atoms with E-state index in [2.05, 4.69) is 20.8 Å². The van der Waals surface area contributed by atoms with Crippen LogP contribution in [0.5, 0.6) is 5.75 Å². The predicted molar refractivity (Wildman–Crippen MR) is 119 cm³/mol. The Morgan fingerprint density at radius 2 is 1.68 bits per heavy atom. The molecule has 0 bridgehead atoms. The minimum atomic E-state index is -0.196. The molecule has 156 valence electrons. The van der Waals surface area contributed by atoms with E-state index in [0.717, 1.165) is 11.4 Å². The Labute approximate surface area is 184 Å². The van der Waals surface area contributed by atoms with Crippen molar-refractivity contribution in [2.45, 2.75) is 6.54 Å². The van der Waals surface area contributed by atoms with Crippen molar-refractivity contribution in [1.82, 2.24) is 10.2 Å². The molecule has 0 aliphatic carbocycles. The molecule has 1 heterocycles. The number of hydrogen-bond donors (Lipinski definition) is 2. The maximum absolute atomic E-state index is 12.4. The summed E-state index contributed by atoms with van der Waals surface area (Å²) in [6, 6.07) is 21.5. The number of nitrogens with one attached hydrogen (secondary N) is 2. The predicted octanol–water partition coefficient (Wildman–Crippen LogP) is 5.26. The van der Waals surface area contributed by atoms with Crippen molar-refractivity contribution in [3.63, 3.8) is 0 Å². The molecule has 0 unspecified atom stereocenters. The van der Waals surface area contributed by atoms with Crippen molar-refractivity contribution in [2.24, 2.45) is 0 Å². The van der Waals surface area contributed by atoms with Gasteiger partial charge in [-0.2, -0.15) is 0 Å². The smallest absolute Gasteiger partial charge is 0.255 e. The van der Waals surface area contributed by atoms with Crippen LogP contribution < -0.4 is 15.4 Å². The largest absolute Gasteiger partial charge is 0.497 e. The van der Waals surface area contributed by atoms with E-state index in [1.165, 1.54) is 0 Å². The maximum atomic E-state index is 12.4. The number of hydrogen-bond acceptors (Lipinski definition) is 6. The summed E-state index contributed by atoms with van der Waals surface area (Å²) in [7, 11) is 1.60. The normalized spacial score (nSPS) is 10.5. The average Bonchev–Trinajstić information content (AvgIpc) is 3.27. The molecule has 3 aromatic carbocycles. The van der Waals surface area contributed by atoms with E-state index in [1.54, 1.807) is 49.6 Å². The minimum absolute atomic E-state index is 0.196. The van der Waals surface area contributed by atoms with Gasteiger partial charge in [0.1, 0.15) is 5.75 Å². The molecule has 0 aliphatic rings. The Balaban J connectivity index is 1.34. The van der Waals surface area contributed by atoms with Crippen LogP contribution in [0.4, 0.5) is 11.4 Å². The first-order valence-electron chi connectivity index (χ1n) is 9.49. The van der Waals surface area contributed by atoms with Crippen molar-refractivity contribution < 1.29 is 13.9 Å². The highest BCUT2D eigenvalue weighted by Crippen LogP contribution is 2.26. The number of rotatable bonds is 7. The molecule has 0 fully saturated rings. The summed E-state index contributed by atoms with van der Waals surface area (Å²) in [6.45, 7) is 0.342. The molecule has 4 rings (SSSR count). The van der Waals surface area contributed by atoms with E-state index in [9.17, 15) is 4.79 Å². The molecular weight excluding hydrogens is 416 g/mol. The molecule has 0 spiro atoms. The molecule has 1 aromatic heterocycles. The van der Waals surface area contributed by atoms with Gasteiger partial charge in [0, 0.05) is 16.9 Å². The minimum Gasteiger partial charge on any atom is -0.497 e. The molecule has 4 aromatic rings. The van der Waals surface area contributed by atoms with Gasteiger partial charge in [-0.05, 0) is 60.7 Å². The summed E-state index contributed by atoms with van der Waals surface area (Å²) in [5.74, 6) is 1.33. The molecule has 1 amide bonds. The molecule has 0 aliphatic heterocycles. The molecule has 2 N–H and O–H groups in total. The number of methoxy groups -OCH3 is 1. The van der Waals surface area contributed by atoms with Gasteiger partial charge in [-0.15, -0.1) is 10.2 Å². The summed E-state index contributed by atoms with van der Waals surface area (Å²) >= 11 is 6.16. The number of carbonyl (C=O) groups is 1. The lowest BCUT2D eigenvalue weighted by Crippen LogP contribution is -2.11. The molecule has 0 saturated carbocycles. The summed E-state index contributed by atoms with van der Waals surface area (Å²) in [6.07, 6.45) is 0. The molecule has 0 saturated heterocycles. The fourth-order valence-corrected chi connectivity index (χ4v) is 3.08. The highest BCUT2D eigenvalue weighted by Gasteiger charge is 2.11. The Kier molecular flexibility index (Phi) is 6.14. The molecular formula is C23H19ClN4O3. The van der Waals surface area contributed by atoms with Gasteiger partial charge in [0.2, 0.25) is 11.8 Å². The highest BCUT2D eigenvalue weighted by atomic mass is 35.5. The zero-order valence-corrected chi connectivity index (χ0v) is 17.4. The molecule has 0 radical (unpaired) electrons. The van der Waals surface area contributed by atoms with Gasteiger partial charge in [0.15, 0.2) is 0 Å². The van der Waals surface area contributed by atoms with Crippen LogP contribution in [-0.2, 0) is 6.54 Å². The van der Waals surface area contributed by atoms with E-state index >= 15 is 0 Å². The number of benzene rings is 3. The van der Waals surface area contributed by atoms with Crippen molar-refractivity contribution in [1.29, 1.82) is 0 Å². The number of aromatic nitrogens is 2. The fourth-order valence-electron chi connectivity index (χ4n) is 2.86. The van der Waals surface area contributed by atoms with Crippen molar-refractivity contribution in [2.75, 3.05) is 17.7 Å². The second-order valence-corrected chi connectivity index (χ2v) is 7.00. The topological polar surface area (TPSA) is 89.3 Å². The number of halogens is 1. The third kappa shape index (κ3) is 5.02. The summed E-state index contributed by atoms with van der Waals surface area (Å²) in [4.78, 5) is 12.4. The Morgan fingerprint density at radius 1 is 0.968 bits per heavy atom. The SMILES string of the molecule is COc1ccc(NC(=O)c2ccc(NCc3nnc(-c4ccccc4Cl)o3)cc2)cc1. The Bertz CT molecular complexity index is 1170. The number of carbonyl (C=O) groups excluding carboxylic acids is 1. The van der Waals surface area contributed by atoms with Gasteiger partial charge in [0.05, 0.1) is 24.2 Å². The van der Waals surface area contributed by atoms with Gasteiger partial charge in [-0.1, -0.05) is 23.7 Å². The summed E-state index contributed by atoms with van der Waals surface area (Å²) < 4.78 is 10.8. The zero-order chi connectivity index (χ0) is 21.6. The number of amides is 1. The first kappa shape index (κ1) is 20.4. The van der Waals surface area contributed by atoms with E-state index in [1.807, 2.05) is 30.3 Å². The lowest BCUT2D eigenvalue weighted by molar-refractivity contribution is 0.102. The van der Waals surface area contributed by atoms with E-state index in [4.69, 9.17) is 20.8 Å². The fraction of sp³-hybridized carbons (Fsp3) is 0.0870. The maximum Gasteiger partial charge on any atom is 0.255 e. The van der Waals surface area contributed by atoms with Crippen LogP contribution in [0.25, 0.3) is 11.5 Å². The first-order chi connectivity index (χ1) is 15.1. The molecule has 7 nitrogen and oxygen atoms in total. The van der Waals surface area contributed by atoms with Gasteiger partial charge < -0.3 is 19.8 Å². The van der Waals surface area contributed by atoms with E-state index in [-0.39, 0.29) is 5.91 Å². The van der Waals surface area contributed by atoms with Crippen LogP contribution in [0.3, 0.4) is 0 Å². The van der Waals surface area contributed by atoms with Gasteiger partial charge >= 0.3 is 0 Å². The van der Waals surface area contributed by atoms with Gasteiger partial charge in [-0.3, -0.25) is 4.79 Å². The summed E-state index contributed by atoms with van der Waals surface area (Å²) in [5, 5.41) is 14.7. The van der Waals surface area contributed by atoms with Crippen LogP contribution in [0.1, 0.15) is 16.2 Å².